The quantitative estimate of drug-likeness (QED) is 0.862. The Morgan fingerprint density at radius 2 is 2.00 bits per heavy atom. The number of amides is 1. The molecule has 3 heteroatoms. The maximum absolute atomic E-state index is 11.9. The predicted molar refractivity (Wildman–Crippen MR) is 77.0 cm³/mol. The van der Waals surface area contributed by atoms with Gasteiger partial charge in [-0.1, -0.05) is 32.0 Å². The molecule has 0 radical (unpaired) electrons. The maximum Gasteiger partial charge on any atom is 0.223 e. The third-order valence-electron chi connectivity index (χ3n) is 3.61. The largest absolute Gasteiger partial charge is 0.464 e. The summed E-state index contributed by atoms with van der Waals surface area (Å²) in [4.78, 5) is 11.9. The van der Waals surface area contributed by atoms with E-state index in [-0.39, 0.29) is 11.8 Å². The number of carbonyl (C=O) groups is 1. The van der Waals surface area contributed by atoms with Crippen LogP contribution in [0.25, 0.3) is 11.0 Å². The highest BCUT2D eigenvalue weighted by Crippen LogP contribution is 2.20. The monoisotopic (exact) mass is 259 g/mol. The summed E-state index contributed by atoms with van der Waals surface area (Å²) >= 11 is 0. The van der Waals surface area contributed by atoms with Gasteiger partial charge in [-0.05, 0) is 30.9 Å². The zero-order chi connectivity index (χ0) is 13.7. The molecule has 2 rings (SSSR count). The fraction of sp³-hybridized carbons (Fsp3) is 0.438. The van der Waals surface area contributed by atoms with Gasteiger partial charge in [-0.25, -0.2) is 0 Å². The zero-order valence-electron chi connectivity index (χ0n) is 11.6. The van der Waals surface area contributed by atoms with E-state index in [2.05, 4.69) is 25.2 Å². The van der Waals surface area contributed by atoms with Crippen molar-refractivity contribution in [1.82, 2.24) is 5.32 Å². The lowest BCUT2D eigenvalue weighted by molar-refractivity contribution is -0.125. The first-order valence-corrected chi connectivity index (χ1v) is 6.99. The van der Waals surface area contributed by atoms with E-state index in [1.165, 1.54) is 0 Å². The lowest BCUT2D eigenvalue weighted by atomic mass is 10.0. The van der Waals surface area contributed by atoms with Gasteiger partial charge in [-0.15, -0.1) is 0 Å². The Bertz CT molecular complexity index is 540. The van der Waals surface area contributed by atoms with Crippen LogP contribution in [0.1, 0.15) is 32.3 Å². The molecule has 0 unspecified atom stereocenters. The standard InChI is InChI=1S/C16H21NO2/c1-3-12(4-2)16(18)17-10-9-13-11-19-15-8-6-5-7-14(13)15/h5-8,11-12H,3-4,9-10H2,1-2H3,(H,17,18). The van der Waals surface area contributed by atoms with Crippen LogP contribution in [0.3, 0.4) is 0 Å². The molecule has 102 valence electrons. The van der Waals surface area contributed by atoms with Crippen molar-refractivity contribution in [3.8, 4) is 0 Å². The van der Waals surface area contributed by atoms with Crippen LogP contribution < -0.4 is 5.32 Å². The zero-order valence-corrected chi connectivity index (χ0v) is 11.6. The fourth-order valence-electron chi connectivity index (χ4n) is 2.35. The lowest BCUT2D eigenvalue weighted by Gasteiger charge is -2.12. The van der Waals surface area contributed by atoms with Crippen molar-refractivity contribution < 1.29 is 9.21 Å². The fourth-order valence-corrected chi connectivity index (χ4v) is 2.35. The first-order chi connectivity index (χ1) is 9.26. The topological polar surface area (TPSA) is 42.2 Å². The highest BCUT2D eigenvalue weighted by molar-refractivity contribution is 5.81. The summed E-state index contributed by atoms with van der Waals surface area (Å²) in [5.41, 5.74) is 2.06. The Morgan fingerprint density at radius 3 is 2.74 bits per heavy atom. The van der Waals surface area contributed by atoms with E-state index < -0.39 is 0 Å². The molecule has 1 heterocycles. The summed E-state index contributed by atoms with van der Waals surface area (Å²) in [6.07, 6.45) is 4.39. The molecular formula is C16H21NO2. The second kappa shape index (κ2) is 6.41. The minimum atomic E-state index is 0.140. The minimum Gasteiger partial charge on any atom is -0.464 e. The number of carbonyl (C=O) groups excluding carboxylic acids is 1. The highest BCUT2D eigenvalue weighted by Gasteiger charge is 2.13. The van der Waals surface area contributed by atoms with Crippen LogP contribution in [0.2, 0.25) is 0 Å². The molecule has 1 amide bonds. The second-order valence-electron chi connectivity index (χ2n) is 4.81. The van der Waals surface area contributed by atoms with Crippen LogP contribution in [0.4, 0.5) is 0 Å². The molecule has 0 spiro atoms. The molecular weight excluding hydrogens is 238 g/mol. The molecule has 1 aromatic carbocycles. The van der Waals surface area contributed by atoms with Crippen molar-refractivity contribution in [1.29, 1.82) is 0 Å². The Morgan fingerprint density at radius 1 is 1.26 bits per heavy atom. The van der Waals surface area contributed by atoms with E-state index in [0.717, 1.165) is 35.8 Å². The molecule has 0 aliphatic carbocycles. The number of nitrogens with one attached hydrogen (secondary N) is 1. The molecule has 0 bridgehead atoms. The first kappa shape index (κ1) is 13.7. The van der Waals surface area contributed by atoms with Crippen molar-refractivity contribution in [2.75, 3.05) is 6.54 Å². The van der Waals surface area contributed by atoms with Crippen molar-refractivity contribution in [2.24, 2.45) is 5.92 Å². The van der Waals surface area contributed by atoms with Gasteiger partial charge in [0.2, 0.25) is 5.91 Å². The number of hydrogen-bond donors (Lipinski definition) is 1. The molecule has 1 N–H and O–H groups in total. The van der Waals surface area contributed by atoms with Crippen molar-refractivity contribution in [3.05, 3.63) is 36.1 Å². The summed E-state index contributed by atoms with van der Waals surface area (Å²) in [6, 6.07) is 7.98. The molecule has 0 saturated heterocycles. The van der Waals surface area contributed by atoms with Gasteiger partial charge in [0.1, 0.15) is 5.58 Å². The molecule has 0 atom stereocenters. The Balaban J connectivity index is 1.91. The third-order valence-corrected chi connectivity index (χ3v) is 3.61. The summed E-state index contributed by atoms with van der Waals surface area (Å²) in [6.45, 7) is 4.77. The summed E-state index contributed by atoms with van der Waals surface area (Å²) < 4.78 is 5.48. The number of hydrogen-bond acceptors (Lipinski definition) is 2. The second-order valence-corrected chi connectivity index (χ2v) is 4.81. The van der Waals surface area contributed by atoms with Crippen LogP contribution in [0.5, 0.6) is 0 Å². The van der Waals surface area contributed by atoms with Crippen LogP contribution in [-0.2, 0) is 11.2 Å². The normalized spacial score (nSPS) is 11.1. The highest BCUT2D eigenvalue weighted by atomic mass is 16.3. The molecule has 0 saturated carbocycles. The average Bonchev–Trinajstić information content (AvgIpc) is 2.84. The smallest absolute Gasteiger partial charge is 0.223 e. The van der Waals surface area contributed by atoms with Crippen molar-refractivity contribution >= 4 is 16.9 Å². The van der Waals surface area contributed by atoms with Gasteiger partial charge < -0.3 is 9.73 Å². The van der Waals surface area contributed by atoms with Crippen LogP contribution in [-0.4, -0.2) is 12.5 Å². The van der Waals surface area contributed by atoms with Gasteiger partial charge in [-0.3, -0.25) is 4.79 Å². The summed E-state index contributed by atoms with van der Waals surface area (Å²) in [5.74, 6) is 0.305. The van der Waals surface area contributed by atoms with Crippen LogP contribution in [0, 0.1) is 5.92 Å². The molecule has 0 fully saturated rings. The van der Waals surface area contributed by atoms with Crippen molar-refractivity contribution in [2.45, 2.75) is 33.1 Å². The first-order valence-electron chi connectivity index (χ1n) is 6.99. The molecule has 1 aromatic heterocycles. The predicted octanol–water partition coefficient (Wildman–Crippen LogP) is 3.53. The maximum atomic E-state index is 11.9. The van der Waals surface area contributed by atoms with Gasteiger partial charge >= 0.3 is 0 Å². The third kappa shape index (κ3) is 3.16. The number of fused-ring (bicyclic) bond motifs is 1. The number of para-hydroxylation sites is 1. The van der Waals surface area contributed by atoms with E-state index in [9.17, 15) is 4.79 Å². The average molecular weight is 259 g/mol. The van der Waals surface area contributed by atoms with E-state index in [4.69, 9.17) is 4.42 Å². The van der Waals surface area contributed by atoms with Gasteiger partial charge in [0, 0.05) is 17.8 Å². The molecule has 3 nitrogen and oxygen atoms in total. The summed E-state index contributed by atoms with van der Waals surface area (Å²) in [7, 11) is 0. The van der Waals surface area contributed by atoms with Crippen molar-refractivity contribution in [3.63, 3.8) is 0 Å². The van der Waals surface area contributed by atoms with Gasteiger partial charge in [0.15, 0.2) is 0 Å². The summed E-state index contributed by atoms with van der Waals surface area (Å²) in [5, 5.41) is 4.15. The number of furan rings is 1. The molecule has 0 aliphatic rings. The van der Waals surface area contributed by atoms with Crippen LogP contribution in [0.15, 0.2) is 34.9 Å². The molecule has 2 aromatic rings. The number of rotatable bonds is 6. The van der Waals surface area contributed by atoms with E-state index >= 15 is 0 Å². The SMILES string of the molecule is CCC(CC)C(=O)NCCc1coc2ccccc12. The molecule has 19 heavy (non-hydrogen) atoms. The van der Waals surface area contributed by atoms with E-state index in [0.29, 0.717) is 6.54 Å². The Kier molecular flexibility index (Phi) is 4.61. The van der Waals surface area contributed by atoms with E-state index in [1.807, 2.05) is 18.2 Å². The van der Waals surface area contributed by atoms with Gasteiger partial charge in [0.25, 0.3) is 0 Å². The molecule has 0 aliphatic heterocycles. The van der Waals surface area contributed by atoms with E-state index in [1.54, 1.807) is 6.26 Å². The Hall–Kier alpha value is -1.77. The minimum absolute atomic E-state index is 0.140. The van der Waals surface area contributed by atoms with Gasteiger partial charge in [-0.2, -0.15) is 0 Å². The lowest BCUT2D eigenvalue weighted by Crippen LogP contribution is -2.31. The Labute approximate surface area is 114 Å². The van der Waals surface area contributed by atoms with Gasteiger partial charge in [0.05, 0.1) is 6.26 Å². The number of benzene rings is 1. The van der Waals surface area contributed by atoms with Crippen LogP contribution >= 0.6 is 0 Å².